The summed E-state index contributed by atoms with van der Waals surface area (Å²) in [5.41, 5.74) is 0.928. The number of hydrogen-bond acceptors (Lipinski definition) is 5. The molecular weight excluding hydrogens is 387 g/mol. The fourth-order valence-corrected chi connectivity index (χ4v) is 3.29. The molecule has 2 aromatic rings. The second kappa shape index (κ2) is 9.43. The number of likely N-dealkylation sites (N-methyl/N-ethyl adjacent to an activating group) is 1. The summed E-state index contributed by atoms with van der Waals surface area (Å²) in [6.07, 6.45) is 0. The molecule has 0 saturated carbocycles. The number of ether oxygens (including phenoxy) is 1. The van der Waals surface area contributed by atoms with Gasteiger partial charge in [-0.25, -0.2) is 12.8 Å². The first-order valence-electron chi connectivity index (χ1n) is 8.42. The summed E-state index contributed by atoms with van der Waals surface area (Å²) in [6, 6.07) is 13.3. The first kappa shape index (κ1) is 21.5. The van der Waals surface area contributed by atoms with Gasteiger partial charge < -0.3 is 9.64 Å². The molecule has 0 heterocycles. The Labute approximate surface area is 163 Å². The Morgan fingerprint density at radius 2 is 1.71 bits per heavy atom. The maximum Gasteiger partial charge on any atom is 0.321 e. The summed E-state index contributed by atoms with van der Waals surface area (Å²) in [5, 5.41) is 0. The number of nitrogens with zero attached hydrogens (tertiary/aromatic N) is 1. The molecule has 7 nitrogen and oxygen atoms in total. The third-order valence-corrected chi connectivity index (χ3v) is 5.56. The Morgan fingerprint density at radius 3 is 2.32 bits per heavy atom. The summed E-state index contributed by atoms with van der Waals surface area (Å²) < 4.78 is 43.8. The van der Waals surface area contributed by atoms with E-state index in [2.05, 4.69) is 0 Å². The van der Waals surface area contributed by atoms with Gasteiger partial charge in [0.15, 0.2) is 6.61 Å². The minimum atomic E-state index is -3.99. The maximum atomic E-state index is 12.9. The van der Waals surface area contributed by atoms with E-state index in [1.165, 1.54) is 4.90 Å². The molecule has 2 aromatic carbocycles. The van der Waals surface area contributed by atoms with Crippen molar-refractivity contribution in [3.8, 4) is 0 Å². The molecule has 0 bridgehead atoms. The van der Waals surface area contributed by atoms with Crippen LogP contribution in [0.3, 0.4) is 0 Å². The Morgan fingerprint density at radius 1 is 1.11 bits per heavy atom. The molecule has 9 heteroatoms. The van der Waals surface area contributed by atoms with Crippen LogP contribution in [0.4, 0.5) is 4.39 Å². The lowest BCUT2D eigenvalue weighted by Gasteiger charge is -2.25. The number of halogens is 1. The number of benzene rings is 2. The highest BCUT2D eigenvalue weighted by Gasteiger charge is 2.20. The van der Waals surface area contributed by atoms with Gasteiger partial charge in [-0.2, -0.15) is 4.72 Å². The molecule has 1 amide bonds. The van der Waals surface area contributed by atoms with Crippen LogP contribution in [0, 0.1) is 5.82 Å². The smallest absolute Gasteiger partial charge is 0.321 e. The van der Waals surface area contributed by atoms with Crippen molar-refractivity contribution in [3.05, 3.63) is 66.0 Å². The van der Waals surface area contributed by atoms with E-state index >= 15 is 0 Å². The van der Waals surface area contributed by atoms with Crippen molar-refractivity contribution >= 4 is 21.9 Å². The average molecular weight is 408 g/mol. The number of amides is 1. The normalized spacial score (nSPS) is 12.2. The molecule has 0 saturated heterocycles. The van der Waals surface area contributed by atoms with E-state index in [4.69, 9.17) is 4.74 Å². The lowest BCUT2D eigenvalue weighted by atomic mass is 10.1. The molecule has 1 atom stereocenters. The van der Waals surface area contributed by atoms with Crippen LogP contribution < -0.4 is 4.72 Å². The van der Waals surface area contributed by atoms with Crippen LogP contribution in [0.25, 0.3) is 0 Å². The van der Waals surface area contributed by atoms with Crippen LogP contribution in [-0.4, -0.2) is 45.4 Å². The van der Waals surface area contributed by atoms with E-state index in [0.29, 0.717) is 0 Å². The molecule has 0 aliphatic carbocycles. The fraction of sp³-hybridized carbons (Fsp3) is 0.263. The second-order valence-electron chi connectivity index (χ2n) is 6.03. The zero-order valence-corrected chi connectivity index (χ0v) is 16.3. The lowest BCUT2D eigenvalue weighted by Crippen LogP contribution is -2.36. The van der Waals surface area contributed by atoms with Crippen molar-refractivity contribution in [2.24, 2.45) is 0 Å². The number of nitrogens with one attached hydrogen (secondary N) is 1. The topological polar surface area (TPSA) is 92.8 Å². The zero-order valence-electron chi connectivity index (χ0n) is 15.5. The third-order valence-electron chi connectivity index (χ3n) is 4.14. The van der Waals surface area contributed by atoms with Gasteiger partial charge >= 0.3 is 5.97 Å². The van der Waals surface area contributed by atoms with E-state index in [0.717, 1.165) is 29.8 Å². The molecule has 0 fully saturated rings. The van der Waals surface area contributed by atoms with Crippen LogP contribution in [0.15, 0.2) is 59.5 Å². The second-order valence-corrected chi connectivity index (χ2v) is 7.80. The quantitative estimate of drug-likeness (QED) is 0.673. The highest BCUT2D eigenvalue weighted by atomic mass is 32.2. The summed E-state index contributed by atoms with van der Waals surface area (Å²) in [4.78, 5) is 25.2. The molecule has 0 unspecified atom stereocenters. The predicted molar refractivity (Wildman–Crippen MR) is 100 cm³/mol. The van der Waals surface area contributed by atoms with Crippen LogP contribution in [0.1, 0.15) is 18.5 Å². The number of rotatable bonds is 8. The molecule has 0 spiro atoms. The van der Waals surface area contributed by atoms with Crippen molar-refractivity contribution in [2.45, 2.75) is 17.9 Å². The highest BCUT2D eigenvalue weighted by molar-refractivity contribution is 7.89. The van der Waals surface area contributed by atoms with Gasteiger partial charge in [0, 0.05) is 7.05 Å². The Hall–Kier alpha value is -2.78. The van der Waals surface area contributed by atoms with Gasteiger partial charge in [0.1, 0.15) is 12.4 Å². The van der Waals surface area contributed by atoms with Crippen LogP contribution in [-0.2, 0) is 24.3 Å². The number of hydrogen-bond donors (Lipinski definition) is 1. The number of esters is 1. The van der Waals surface area contributed by atoms with E-state index in [-0.39, 0.29) is 10.9 Å². The van der Waals surface area contributed by atoms with Gasteiger partial charge in [0.2, 0.25) is 10.0 Å². The molecule has 0 aliphatic rings. The van der Waals surface area contributed by atoms with Crippen LogP contribution >= 0.6 is 0 Å². The monoisotopic (exact) mass is 408 g/mol. The molecule has 150 valence electrons. The highest BCUT2D eigenvalue weighted by Crippen LogP contribution is 2.18. The Kier molecular flexibility index (Phi) is 7.24. The van der Waals surface area contributed by atoms with Crippen LogP contribution in [0.5, 0.6) is 0 Å². The molecule has 0 aromatic heterocycles. The van der Waals surface area contributed by atoms with Gasteiger partial charge in [0.05, 0.1) is 10.9 Å². The van der Waals surface area contributed by atoms with Crippen molar-refractivity contribution in [2.75, 3.05) is 20.2 Å². The Bertz CT molecular complexity index is 917. The van der Waals surface area contributed by atoms with Gasteiger partial charge in [0.25, 0.3) is 5.91 Å². The predicted octanol–water partition coefficient (Wildman–Crippen LogP) is 1.87. The molecule has 1 N–H and O–H groups in total. The molecular formula is C19H21FN2O5S. The SMILES string of the molecule is C[C@H](c1ccccc1)N(C)C(=O)COC(=O)CNS(=O)(=O)c1ccc(F)cc1. The fourth-order valence-electron chi connectivity index (χ4n) is 2.32. The molecule has 28 heavy (non-hydrogen) atoms. The van der Waals surface area contributed by atoms with Crippen molar-refractivity contribution < 1.29 is 27.1 Å². The standard InChI is InChI=1S/C19H21FN2O5S/c1-14(15-6-4-3-5-7-15)22(2)18(23)13-27-19(24)12-21-28(25,26)17-10-8-16(20)9-11-17/h3-11,14,21H,12-13H2,1-2H3/t14-/m1/s1. The maximum absolute atomic E-state index is 12.9. The van der Waals surface area contributed by atoms with E-state index in [1.807, 2.05) is 42.0 Å². The van der Waals surface area contributed by atoms with E-state index in [9.17, 15) is 22.4 Å². The zero-order chi connectivity index (χ0) is 20.7. The number of carbonyl (C=O) groups is 2. The van der Waals surface area contributed by atoms with E-state index in [1.54, 1.807) is 7.05 Å². The summed E-state index contributed by atoms with van der Waals surface area (Å²) in [5.74, 6) is -1.91. The van der Waals surface area contributed by atoms with Gasteiger partial charge in [-0.05, 0) is 36.8 Å². The van der Waals surface area contributed by atoms with Crippen molar-refractivity contribution in [1.82, 2.24) is 9.62 Å². The largest absolute Gasteiger partial charge is 0.455 e. The summed E-state index contributed by atoms with van der Waals surface area (Å²) in [6.45, 7) is 0.682. The first-order valence-corrected chi connectivity index (χ1v) is 9.90. The van der Waals surface area contributed by atoms with Gasteiger partial charge in [-0.15, -0.1) is 0 Å². The number of sulfonamides is 1. The van der Waals surface area contributed by atoms with E-state index < -0.39 is 40.9 Å². The minimum absolute atomic E-state index is 0.186. The van der Waals surface area contributed by atoms with Crippen molar-refractivity contribution in [3.63, 3.8) is 0 Å². The van der Waals surface area contributed by atoms with Crippen LogP contribution in [0.2, 0.25) is 0 Å². The average Bonchev–Trinajstić information content (AvgIpc) is 2.70. The summed E-state index contributed by atoms with van der Waals surface area (Å²) >= 11 is 0. The minimum Gasteiger partial charge on any atom is -0.455 e. The molecule has 0 aliphatic heterocycles. The number of carbonyl (C=O) groups excluding carboxylic acids is 2. The van der Waals surface area contributed by atoms with Gasteiger partial charge in [-0.3, -0.25) is 9.59 Å². The molecule has 0 radical (unpaired) electrons. The third kappa shape index (κ3) is 5.86. The van der Waals surface area contributed by atoms with Crippen molar-refractivity contribution in [1.29, 1.82) is 0 Å². The lowest BCUT2D eigenvalue weighted by molar-refractivity contribution is -0.151. The molecule has 2 rings (SSSR count). The van der Waals surface area contributed by atoms with Gasteiger partial charge in [-0.1, -0.05) is 30.3 Å². The first-order chi connectivity index (χ1) is 13.2. The summed E-state index contributed by atoms with van der Waals surface area (Å²) in [7, 11) is -2.40. The Balaban J connectivity index is 1.83.